The lowest BCUT2D eigenvalue weighted by atomic mass is 9.85. The fourth-order valence-corrected chi connectivity index (χ4v) is 5.95. The fourth-order valence-electron chi connectivity index (χ4n) is 5.95. The standard InChI is InChI=1S/C31H42N4O3/c1-20(32-5)28(36)34-27(31(2,3)4)30(38)35-25(22-13-7-6-8-14-22)18-19-26(35)29(37)33-24-17-11-15-21-12-9-10-16-23(21)24/h6-10,12-14,16,20,24-27,32H,11,15,17-19H2,1-5H3,(H,33,37)(H,34,36)/p+1. The molecule has 1 aliphatic heterocycles. The van der Waals surface area contributed by atoms with Crippen LogP contribution in [0.1, 0.15) is 82.2 Å². The van der Waals surface area contributed by atoms with Crippen molar-refractivity contribution in [3.8, 4) is 0 Å². The van der Waals surface area contributed by atoms with E-state index in [0.29, 0.717) is 11.3 Å². The molecule has 2 aromatic carbocycles. The predicted octanol–water partition coefficient (Wildman–Crippen LogP) is 2.63. The van der Waals surface area contributed by atoms with Crippen LogP contribution in [-0.2, 0) is 20.8 Å². The van der Waals surface area contributed by atoms with Crippen LogP contribution in [0.4, 0.5) is 0 Å². The van der Waals surface area contributed by atoms with Gasteiger partial charge < -0.3 is 16.0 Å². The maximum atomic E-state index is 14.4. The van der Waals surface area contributed by atoms with Gasteiger partial charge in [-0.1, -0.05) is 75.4 Å². The summed E-state index contributed by atoms with van der Waals surface area (Å²) in [5, 5.41) is 9.27. The molecule has 0 radical (unpaired) electrons. The van der Waals surface area contributed by atoms with E-state index in [9.17, 15) is 14.4 Å². The van der Waals surface area contributed by atoms with E-state index < -0.39 is 23.5 Å². The molecular weight excluding hydrogens is 476 g/mol. The molecule has 1 aliphatic carbocycles. The van der Waals surface area contributed by atoms with Crippen LogP contribution in [0.2, 0.25) is 0 Å². The van der Waals surface area contributed by atoms with E-state index in [4.69, 9.17) is 0 Å². The maximum Gasteiger partial charge on any atom is 0.336 e. The molecule has 7 nitrogen and oxygen atoms in total. The van der Waals surface area contributed by atoms with Crippen molar-refractivity contribution in [1.82, 2.24) is 16.0 Å². The topological polar surface area (TPSA) is 91.7 Å². The van der Waals surface area contributed by atoms with Crippen LogP contribution in [0.5, 0.6) is 0 Å². The van der Waals surface area contributed by atoms with Gasteiger partial charge in [0.1, 0.15) is 12.1 Å². The number of likely N-dealkylation sites (tertiary alicyclic amines) is 1. The van der Waals surface area contributed by atoms with E-state index in [1.54, 1.807) is 14.0 Å². The van der Waals surface area contributed by atoms with E-state index in [2.05, 4.69) is 28.1 Å². The van der Waals surface area contributed by atoms with Crippen molar-refractivity contribution in [2.45, 2.75) is 90.0 Å². The van der Waals surface area contributed by atoms with Gasteiger partial charge in [-0.25, -0.2) is 4.79 Å². The van der Waals surface area contributed by atoms with Crippen LogP contribution in [0.3, 0.4) is 0 Å². The van der Waals surface area contributed by atoms with Crippen LogP contribution < -0.4 is 20.9 Å². The molecule has 2 aliphatic rings. The number of benzene rings is 2. The summed E-state index contributed by atoms with van der Waals surface area (Å²) in [5.74, 6) is -0.448. The number of hydrogen-bond donors (Lipinski definition) is 4. The van der Waals surface area contributed by atoms with Gasteiger partial charge in [0.2, 0.25) is 5.91 Å². The van der Waals surface area contributed by atoms with Crippen molar-refractivity contribution < 1.29 is 19.3 Å². The first kappa shape index (κ1) is 28.0. The molecule has 1 fully saturated rings. The van der Waals surface area contributed by atoms with Crippen LogP contribution in [-0.4, -0.2) is 42.9 Å². The quantitative estimate of drug-likeness (QED) is 0.453. The highest BCUT2D eigenvalue weighted by Crippen LogP contribution is 2.30. The van der Waals surface area contributed by atoms with E-state index in [-0.39, 0.29) is 29.8 Å². The second kappa shape index (κ2) is 11.8. The monoisotopic (exact) mass is 519 g/mol. The Morgan fingerprint density at radius 2 is 1.63 bits per heavy atom. The zero-order chi connectivity index (χ0) is 27.4. The zero-order valence-corrected chi connectivity index (χ0v) is 23.3. The molecule has 1 heterocycles. The lowest BCUT2D eigenvalue weighted by Gasteiger charge is -2.35. The Labute approximate surface area is 226 Å². The highest BCUT2D eigenvalue weighted by atomic mass is 16.2. The van der Waals surface area contributed by atoms with Gasteiger partial charge in [-0.2, -0.15) is 0 Å². The number of rotatable bonds is 7. The van der Waals surface area contributed by atoms with Gasteiger partial charge in [-0.05, 0) is 49.8 Å². The first-order chi connectivity index (χ1) is 18.1. The van der Waals surface area contributed by atoms with Crippen molar-refractivity contribution in [1.29, 1.82) is 0 Å². The number of likely N-dealkylation sites (N-methyl/N-ethyl adjacent to an activating group) is 1. The van der Waals surface area contributed by atoms with Gasteiger partial charge in [0.25, 0.3) is 5.91 Å². The number of carbonyl (C=O) groups excluding carboxylic acids is 3. The Morgan fingerprint density at radius 3 is 2.32 bits per heavy atom. The Kier molecular flexibility index (Phi) is 8.68. The second-order valence-corrected chi connectivity index (χ2v) is 11.9. The number of quaternary nitrogens is 1. The molecule has 6 atom stereocenters. The zero-order valence-electron chi connectivity index (χ0n) is 23.3. The molecule has 1 saturated heterocycles. The summed E-state index contributed by atoms with van der Waals surface area (Å²) < 4.78 is 0. The lowest BCUT2D eigenvalue weighted by Crippen LogP contribution is -3.19. The van der Waals surface area contributed by atoms with Gasteiger partial charge in [0.05, 0.1) is 12.1 Å². The molecule has 4 rings (SSSR count). The summed E-state index contributed by atoms with van der Waals surface area (Å²) in [6, 6.07) is 16.4. The molecule has 0 aromatic heterocycles. The molecule has 204 valence electrons. The van der Waals surface area contributed by atoms with Crippen LogP contribution >= 0.6 is 0 Å². The Morgan fingerprint density at radius 1 is 0.947 bits per heavy atom. The third-order valence-corrected chi connectivity index (χ3v) is 8.22. The van der Waals surface area contributed by atoms with E-state index >= 15 is 0 Å². The minimum atomic E-state index is -0.740. The summed E-state index contributed by atoms with van der Waals surface area (Å²) in [6.45, 7) is 7.65. The molecule has 38 heavy (non-hydrogen) atoms. The molecule has 4 N–H and O–H groups in total. The number of nitrogens with one attached hydrogen (secondary N) is 4. The normalized spacial score (nSPS) is 24.7. The van der Waals surface area contributed by atoms with Crippen LogP contribution in [0.25, 0.3) is 0 Å². The summed E-state index contributed by atoms with van der Waals surface area (Å²) in [6.07, 6.45) is 4.27. The average molecular weight is 520 g/mol. The fraction of sp³-hybridized carbons (Fsp3) is 0.516. The minimum absolute atomic E-state index is 0.0471. The third kappa shape index (κ3) is 6.00. The molecule has 0 spiro atoms. The number of hydrogen-bond acceptors (Lipinski definition) is 4. The summed E-state index contributed by atoms with van der Waals surface area (Å²) in [7, 11) is 1.72. The summed E-state index contributed by atoms with van der Waals surface area (Å²) in [4.78, 5) is 41.8. The van der Waals surface area contributed by atoms with Gasteiger partial charge in [0, 0.05) is 18.4 Å². The predicted molar refractivity (Wildman–Crippen MR) is 148 cm³/mol. The smallest absolute Gasteiger partial charge is 0.336 e. The molecule has 0 bridgehead atoms. The van der Waals surface area contributed by atoms with Crippen molar-refractivity contribution in [2.75, 3.05) is 7.05 Å². The van der Waals surface area contributed by atoms with E-state index in [1.165, 1.54) is 11.1 Å². The van der Waals surface area contributed by atoms with Gasteiger partial charge in [-0.3, -0.25) is 14.5 Å². The van der Waals surface area contributed by atoms with Crippen LogP contribution in [0.15, 0.2) is 54.6 Å². The lowest BCUT2D eigenvalue weighted by molar-refractivity contribution is -0.857. The number of carbonyl (C=O) groups is 3. The number of amides is 3. The second-order valence-electron chi connectivity index (χ2n) is 11.9. The Balaban J connectivity index is 1.64. The highest BCUT2D eigenvalue weighted by molar-refractivity contribution is 5.89. The van der Waals surface area contributed by atoms with Crippen molar-refractivity contribution in [3.05, 3.63) is 71.3 Å². The summed E-state index contributed by atoms with van der Waals surface area (Å²) >= 11 is 0. The molecule has 7 heteroatoms. The first-order valence-electron chi connectivity index (χ1n) is 13.9. The minimum Gasteiger partial charge on any atom is -0.344 e. The molecular formula is C31H43N4O3+. The Hall–Kier alpha value is -3.03. The van der Waals surface area contributed by atoms with E-state index in [1.807, 2.05) is 63.2 Å². The van der Waals surface area contributed by atoms with Crippen molar-refractivity contribution in [3.63, 3.8) is 0 Å². The maximum absolute atomic E-state index is 14.4. The first-order valence-corrected chi connectivity index (χ1v) is 13.9. The molecule has 3 amide bonds. The van der Waals surface area contributed by atoms with Crippen LogP contribution in [0, 0.1) is 5.41 Å². The highest BCUT2D eigenvalue weighted by Gasteiger charge is 2.51. The third-order valence-electron chi connectivity index (χ3n) is 8.22. The molecule has 6 unspecified atom stereocenters. The Bertz CT molecular complexity index is 1140. The van der Waals surface area contributed by atoms with Gasteiger partial charge in [-0.15, -0.1) is 0 Å². The average Bonchev–Trinajstić information content (AvgIpc) is 3.36. The van der Waals surface area contributed by atoms with Crippen molar-refractivity contribution in [2.24, 2.45) is 5.41 Å². The van der Waals surface area contributed by atoms with Crippen molar-refractivity contribution >= 4 is 17.7 Å². The largest absolute Gasteiger partial charge is 0.344 e. The molecule has 0 saturated carbocycles. The SMILES string of the molecule is CNC(C)C(=O)NC(C(=O)[NH+]1C(C(=O)NC2CCCc3ccccc32)CCC1c1ccccc1)C(C)(C)C. The van der Waals surface area contributed by atoms with Gasteiger partial charge >= 0.3 is 5.91 Å². The van der Waals surface area contributed by atoms with Gasteiger partial charge in [0.15, 0.2) is 6.04 Å². The molecule has 2 aromatic rings. The number of fused-ring (bicyclic) bond motifs is 1. The summed E-state index contributed by atoms with van der Waals surface area (Å²) in [5.41, 5.74) is 2.97. The number of aryl methyl sites for hydroxylation is 1. The van der Waals surface area contributed by atoms with E-state index in [0.717, 1.165) is 31.2 Å².